The molecule has 2 rings (SSSR count). The fraction of sp³-hybridized carbons (Fsp3) is 0.647. The summed E-state index contributed by atoms with van der Waals surface area (Å²) in [6.07, 6.45) is 4.01. The van der Waals surface area contributed by atoms with Crippen molar-refractivity contribution in [2.24, 2.45) is 5.92 Å². The maximum Gasteiger partial charge on any atom is 0.0426 e. The Hall–Kier alpha value is -0.540. The number of nitrogens with zero attached hydrogens (tertiary/aromatic N) is 1. The van der Waals surface area contributed by atoms with Gasteiger partial charge < -0.3 is 10.2 Å². The smallest absolute Gasteiger partial charge is 0.0426 e. The SMILES string of the molecule is CCCC1CCN(c2cc(Br)ccc2C(C)NCC)C1. The summed E-state index contributed by atoms with van der Waals surface area (Å²) in [5.74, 6) is 0.876. The van der Waals surface area contributed by atoms with Gasteiger partial charge in [-0.25, -0.2) is 0 Å². The van der Waals surface area contributed by atoms with Crippen molar-refractivity contribution in [2.75, 3.05) is 24.5 Å². The fourth-order valence-electron chi connectivity index (χ4n) is 3.27. The number of hydrogen-bond acceptors (Lipinski definition) is 2. The molecule has 0 bridgehead atoms. The van der Waals surface area contributed by atoms with Gasteiger partial charge in [0.1, 0.15) is 0 Å². The molecular formula is C17H27BrN2. The third-order valence-corrected chi connectivity index (χ3v) is 4.79. The quantitative estimate of drug-likeness (QED) is 0.805. The molecule has 0 aliphatic carbocycles. The van der Waals surface area contributed by atoms with E-state index in [0.717, 1.165) is 12.5 Å². The highest BCUT2D eigenvalue weighted by Gasteiger charge is 2.24. The molecule has 1 saturated heterocycles. The summed E-state index contributed by atoms with van der Waals surface area (Å²) in [4.78, 5) is 2.58. The fourth-order valence-corrected chi connectivity index (χ4v) is 3.62. The molecule has 1 fully saturated rings. The molecule has 1 aromatic carbocycles. The third kappa shape index (κ3) is 3.76. The molecule has 1 heterocycles. The summed E-state index contributed by atoms with van der Waals surface area (Å²) in [7, 11) is 0. The summed E-state index contributed by atoms with van der Waals surface area (Å²) in [5.41, 5.74) is 2.83. The third-order valence-electron chi connectivity index (χ3n) is 4.29. The van der Waals surface area contributed by atoms with Crippen LogP contribution in [0.3, 0.4) is 0 Å². The van der Waals surface area contributed by atoms with Crippen LogP contribution in [-0.4, -0.2) is 19.6 Å². The van der Waals surface area contributed by atoms with Crippen molar-refractivity contribution in [3.63, 3.8) is 0 Å². The van der Waals surface area contributed by atoms with E-state index in [4.69, 9.17) is 0 Å². The molecule has 0 saturated carbocycles. The number of hydrogen-bond donors (Lipinski definition) is 1. The highest BCUT2D eigenvalue weighted by atomic mass is 79.9. The molecule has 0 amide bonds. The van der Waals surface area contributed by atoms with Crippen molar-refractivity contribution >= 4 is 21.6 Å². The van der Waals surface area contributed by atoms with E-state index in [9.17, 15) is 0 Å². The Labute approximate surface area is 132 Å². The summed E-state index contributed by atoms with van der Waals surface area (Å²) < 4.78 is 1.18. The zero-order valence-electron chi connectivity index (χ0n) is 13.0. The molecule has 20 heavy (non-hydrogen) atoms. The average Bonchev–Trinajstić information content (AvgIpc) is 2.88. The highest BCUT2D eigenvalue weighted by Crippen LogP contribution is 2.34. The van der Waals surface area contributed by atoms with Gasteiger partial charge in [0.05, 0.1) is 0 Å². The second-order valence-corrected chi connectivity index (χ2v) is 6.79. The predicted octanol–water partition coefficient (Wildman–Crippen LogP) is 4.75. The van der Waals surface area contributed by atoms with Crippen LogP contribution in [0.2, 0.25) is 0 Å². The Morgan fingerprint density at radius 1 is 1.40 bits per heavy atom. The largest absolute Gasteiger partial charge is 0.371 e. The van der Waals surface area contributed by atoms with Gasteiger partial charge in [0.15, 0.2) is 0 Å². The van der Waals surface area contributed by atoms with Crippen LogP contribution in [0.1, 0.15) is 51.6 Å². The van der Waals surface area contributed by atoms with Crippen molar-refractivity contribution < 1.29 is 0 Å². The summed E-state index contributed by atoms with van der Waals surface area (Å²) >= 11 is 3.63. The Kier molecular flexibility index (Phi) is 5.91. The van der Waals surface area contributed by atoms with E-state index in [1.165, 1.54) is 48.1 Å². The Morgan fingerprint density at radius 3 is 2.90 bits per heavy atom. The first-order valence-corrected chi connectivity index (χ1v) is 8.72. The molecule has 1 aromatic rings. The normalized spacial score (nSPS) is 20.4. The van der Waals surface area contributed by atoms with Crippen LogP contribution >= 0.6 is 15.9 Å². The van der Waals surface area contributed by atoms with Crippen LogP contribution < -0.4 is 10.2 Å². The molecule has 112 valence electrons. The molecule has 0 spiro atoms. The Morgan fingerprint density at radius 2 is 2.20 bits per heavy atom. The first-order chi connectivity index (χ1) is 9.65. The van der Waals surface area contributed by atoms with Crippen molar-refractivity contribution in [1.82, 2.24) is 5.32 Å². The van der Waals surface area contributed by atoms with Crippen molar-refractivity contribution in [2.45, 2.75) is 46.1 Å². The topological polar surface area (TPSA) is 15.3 Å². The maximum atomic E-state index is 3.63. The van der Waals surface area contributed by atoms with E-state index < -0.39 is 0 Å². The lowest BCUT2D eigenvalue weighted by atomic mass is 10.0. The molecule has 1 aliphatic rings. The van der Waals surface area contributed by atoms with Gasteiger partial charge in [-0.1, -0.05) is 42.3 Å². The monoisotopic (exact) mass is 338 g/mol. The zero-order chi connectivity index (χ0) is 14.5. The lowest BCUT2D eigenvalue weighted by Crippen LogP contribution is -2.25. The van der Waals surface area contributed by atoms with Crippen LogP contribution in [0.4, 0.5) is 5.69 Å². The van der Waals surface area contributed by atoms with Gasteiger partial charge in [-0.15, -0.1) is 0 Å². The van der Waals surface area contributed by atoms with E-state index in [-0.39, 0.29) is 0 Å². The Balaban J connectivity index is 2.19. The first kappa shape index (κ1) is 15.8. The first-order valence-electron chi connectivity index (χ1n) is 7.93. The van der Waals surface area contributed by atoms with Gasteiger partial charge in [0.2, 0.25) is 0 Å². The van der Waals surface area contributed by atoms with E-state index in [0.29, 0.717) is 6.04 Å². The lowest BCUT2D eigenvalue weighted by Gasteiger charge is -2.25. The predicted molar refractivity (Wildman–Crippen MR) is 91.5 cm³/mol. The number of benzene rings is 1. The van der Waals surface area contributed by atoms with Gasteiger partial charge in [-0.2, -0.15) is 0 Å². The number of rotatable bonds is 6. The average molecular weight is 339 g/mol. The molecule has 3 heteroatoms. The lowest BCUT2D eigenvalue weighted by molar-refractivity contribution is 0.529. The van der Waals surface area contributed by atoms with Crippen LogP contribution in [-0.2, 0) is 0 Å². The number of anilines is 1. The van der Waals surface area contributed by atoms with Gasteiger partial charge >= 0.3 is 0 Å². The van der Waals surface area contributed by atoms with Crippen LogP contribution in [0.25, 0.3) is 0 Å². The molecule has 1 N–H and O–H groups in total. The minimum Gasteiger partial charge on any atom is -0.371 e. The second kappa shape index (κ2) is 7.46. The van der Waals surface area contributed by atoms with Crippen molar-refractivity contribution in [3.05, 3.63) is 28.2 Å². The van der Waals surface area contributed by atoms with Gasteiger partial charge in [0, 0.05) is 29.3 Å². The van der Waals surface area contributed by atoms with E-state index >= 15 is 0 Å². The second-order valence-electron chi connectivity index (χ2n) is 5.87. The van der Waals surface area contributed by atoms with Crippen LogP contribution in [0, 0.1) is 5.92 Å². The van der Waals surface area contributed by atoms with Gasteiger partial charge in [0.25, 0.3) is 0 Å². The van der Waals surface area contributed by atoms with Crippen molar-refractivity contribution in [1.29, 1.82) is 0 Å². The molecule has 0 aromatic heterocycles. The van der Waals surface area contributed by atoms with E-state index in [1.807, 2.05) is 0 Å². The molecule has 1 aliphatic heterocycles. The maximum absolute atomic E-state index is 3.63. The highest BCUT2D eigenvalue weighted by molar-refractivity contribution is 9.10. The summed E-state index contributed by atoms with van der Waals surface area (Å²) in [5, 5.41) is 3.54. The van der Waals surface area contributed by atoms with Gasteiger partial charge in [-0.3, -0.25) is 0 Å². The standard InChI is InChI=1S/C17H27BrN2/c1-4-6-14-9-10-20(12-14)17-11-15(18)7-8-16(17)13(3)19-5-2/h7-8,11,13-14,19H,4-6,9-10,12H2,1-3H3. The molecular weight excluding hydrogens is 312 g/mol. The van der Waals surface area contributed by atoms with Gasteiger partial charge in [-0.05, 0) is 49.9 Å². The summed E-state index contributed by atoms with van der Waals surface area (Å²) in [6, 6.07) is 7.12. The molecule has 2 unspecified atom stereocenters. The summed E-state index contributed by atoms with van der Waals surface area (Å²) in [6.45, 7) is 10.1. The minimum absolute atomic E-state index is 0.410. The number of nitrogens with one attached hydrogen (secondary N) is 1. The van der Waals surface area contributed by atoms with E-state index in [2.05, 4.69) is 65.1 Å². The molecule has 2 atom stereocenters. The van der Waals surface area contributed by atoms with Crippen molar-refractivity contribution in [3.8, 4) is 0 Å². The molecule has 0 radical (unpaired) electrons. The molecule has 2 nitrogen and oxygen atoms in total. The van der Waals surface area contributed by atoms with Crippen LogP contribution in [0.5, 0.6) is 0 Å². The van der Waals surface area contributed by atoms with E-state index in [1.54, 1.807) is 0 Å². The Bertz CT molecular complexity index is 433. The van der Waals surface area contributed by atoms with Crippen LogP contribution in [0.15, 0.2) is 22.7 Å². The number of halogens is 1. The zero-order valence-corrected chi connectivity index (χ0v) is 14.5. The minimum atomic E-state index is 0.410.